The highest BCUT2D eigenvalue weighted by atomic mass is 79.9. The molecule has 1 aliphatic rings. The van der Waals surface area contributed by atoms with Crippen molar-refractivity contribution in [2.45, 2.75) is 19.4 Å². The monoisotopic (exact) mass is 474 g/mol. The molecule has 0 radical (unpaired) electrons. The van der Waals surface area contributed by atoms with Crippen LogP contribution in [0.4, 0.5) is 0 Å². The van der Waals surface area contributed by atoms with Crippen LogP contribution >= 0.6 is 47.8 Å². The lowest BCUT2D eigenvalue weighted by atomic mass is 10.1. The van der Waals surface area contributed by atoms with Gasteiger partial charge in [-0.25, -0.2) is 0 Å². The van der Waals surface area contributed by atoms with Crippen LogP contribution in [0.15, 0.2) is 37.8 Å². The van der Waals surface area contributed by atoms with Gasteiger partial charge in [-0.2, -0.15) is 0 Å². The summed E-state index contributed by atoms with van der Waals surface area (Å²) in [5.41, 5.74) is 3.42. The molecule has 0 saturated carbocycles. The summed E-state index contributed by atoms with van der Waals surface area (Å²) < 4.78 is 2.98. The Morgan fingerprint density at radius 2 is 2.10 bits per heavy atom. The normalized spacial score (nSPS) is 14.1. The minimum absolute atomic E-state index is 0.169. The van der Waals surface area contributed by atoms with Crippen LogP contribution in [0, 0.1) is 0 Å². The molecule has 0 bridgehead atoms. The average molecular weight is 477 g/mol. The van der Waals surface area contributed by atoms with Gasteiger partial charge < -0.3 is 9.88 Å². The Balaban J connectivity index is 1.73. The Morgan fingerprint density at radius 3 is 2.86 bits per heavy atom. The minimum Gasteiger partial charge on any atom is -0.352 e. The lowest BCUT2D eigenvalue weighted by Crippen LogP contribution is -2.36. The van der Waals surface area contributed by atoms with Gasteiger partial charge in [0.05, 0.1) is 15.5 Å². The fourth-order valence-electron chi connectivity index (χ4n) is 2.57. The van der Waals surface area contributed by atoms with Crippen molar-refractivity contribution in [1.29, 1.82) is 0 Å². The third kappa shape index (κ3) is 3.27. The summed E-state index contributed by atoms with van der Waals surface area (Å²) in [4.78, 5) is 17.7. The maximum absolute atomic E-state index is 12.5. The van der Waals surface area contributed by atoms with E-state index in [4.69, 9.17) is 0 Å². The van der Waals surface area contributed by atoms with Gasteiger partial charge in [0.15, 0.2) is 0 Å². The summed E-state index contributed by atoms with van der Waals surface area (Å²) in [6.45, 7) is 1.42. The van der Waals surface area contributed by atoms with Gasteiger partial charge in [-0.3, -0.25) is 4.79 Å². The largest absolute Gasteiger partial charge is 0.352 e. The fourth-order valence-corrected chi connectivity index (χ4v) is 3.96. The molecule has 0 saturated heterocycles. The zero-order valence-electron chi connectivity index (χ0n) is 11.1. The van der Waals surface area contributed by atoms with Crippen LogP contribution in [0.3, 0.4) is 0 Å². The third-order valence-electron chi connectivity index (χ3n) is 3.66. The molecule has 0 spiro atoms. The van der Waals surface area contributed by atoms with Crippen LogP contribution in [-0.4, -0.2) is 22.3 Å². The van der Waals surface area contributed by atoms with E-state index in [2.05, 4.69) is 52.8 Å². The zero-order chi connectivity index (χ0) is 15.0. The molecule has 1 aliphatic heterocycles. The number of aromatic nitrogens is 1. The second-order valence-corrected chi connectivity index (χ2v) is 7.58. The van der Waals surface area contributed by atoms with Crippen molar-refractivity contribution in [3.8, 4) is 0 Å². The number of rotatable bonds is 2. The topological polar surface area (TPSA) is 36.1 Å². The van der Waals surface area contributed by atoms with E-state index in [-0.39, 0.29) is 5.91 Å². The maximum Gasteiger partial charge on any atom is 0.227 e. The number of H-pyrrole nitrogens is 1. The number of benzene rings is 1. The van der Waals surface area contributed by atoms with Crippen LogP contribution in [0.5, 0.6) is 0 Å². The van der Waals surface area contributed by atoms with E-state index in [0.29, 0.717) is 13.0 Å². The summed E-state index contributed by atoms with van der Waals surface area (Å²) in [6.07, 6.45) is 1.31. The van der Waals surface area contributed by atoms with Gasteiger partial charge >= 0.3 is 0 Å². The van der Waals surface area contributed by atoms with Gasteiger partial charge in [0, 0.05) is 35.2 Å². The Bertz CT molecular complexity index is 696. The number of carbonyl (C=O) groups is 1. The van der Waals surface area contributed by atoms with Crippen LogP contribution in [0.1, 0.15) is 16.8 Å². The number of amides is 1. The van der Waals surface area contributed by atoms with Gasteiger partial charge in [0.2, 0.25) is 5.91 Å². The molecule has 3 nitrogen and oxygen atoms in total. The van der Waals surface area contributed by atoms with E-state index in [9.17, 15) is 4.79 Å². The quantitative estimate of drug-likeness (QED) is 0.684. The van der Waals surface area contributed by atoms with Crippen LogP contribution in [-0.2, 0) is 24.2 Å². The standard InChI is InChI=1S/C15H13Br3N2O/c16-10-3-1-2-9(6-10)7-13(21)20-5-4-12-11(8-20)14(17)15(18)19-12/h1-3,6,19H,4-5,7-8H2. The molecule has 1 amide bonds. The number of nitrogens with one attached hydrogen (secondary N) is 1. The van der Waals surface area contributed by atoms with Crippen LogP contribution in [0.25, 0.3) is 0 Å². The summed E-state index contributed by atoms with van der Waals surface area (Å²) >= 11 is 10.5. The highest BCUT2D eigenvalue weighted by Crippen LogP contribution is 2.33. The lowest BCUT2D eigenvalue weighted by Gasteiger charge is -2.27. The maximum atomic E-state index is 12.5. The fraction of sp³-hybridized carbons (Fsp3) is 0.267. The van der Waals surface area contributed by atoms with E-state index < -0.39 is 0 Å². The molecule has 2 heterocycles. The van der Waals surface area contributed by atoms with E-state index >= 15 is 0 Å². The molecule has 1 N–H and O–H groups in total. The predicted octanol–water partition coefficient (Wildman–Crippen LogP) is 4.43. The van der Waals surface area contributed by atoms with Gasteiger partial charge in [0.25, 0.3) is 0 Å². The minimum atomic E-state index is 0.169. The Morgan fingerprint density at radius 1 is 1.29 bits per heavy atom. The molecule has 110 valence electrons. The van der Waals surface area contributed by atoms with E-state index in [1.165, 1.54) is 11.3 Å². The summed E-state index contributed by atoms with van der Waals surface area (Å²) in [5, 5.41) is 0. The molecule has 1 aromatic carbocycles. The molecule has 1 aromatic heterocycles. The molecule has 2 aromatic rings. The number of nitrogens with zero attached hydrogens (tertiary/aromatic N) is 1. The smallest absolute Gasteiger partial charge is 0.227 e. The third-order valence-corrected chi connectivity index (χ3v) is 6.16. The van der Waals surface area contributed by atoms with Crippen molar-refractivity contribution in [2.24, 2.45) is 0 Å². The number of halogens is 3. The summed E-state index contributed by atoms with van der Waals surface area (Å²) in [5.74, 6) is 0.169. The van der Waals surface area contributed by atoms with Gasteiger partial charge in [0.1, 0.15) is 0 Å². The van der Waals surface area contributed by atoms with Crippen LogP contribution in [0.2, 0.25) is 0 Å². The predicted molar refractivity (Wildman–Crippen MR) is 93.2 cm³/mol. The average Bonchev–Trinajstić information content (AvgIpc) is 2.74. The molecule has 0 atom stereocenters. The molecule has 6 heteroatoms. The Labute approximate surface area is 148 Å². The second-order valence-electron chi connectivity index (χ2n) is 5.08. The number of carbonyl (C=O) groups excluding carboxylic acids is 1. The van der Waals surface area contributed by atoms with E-state index in [1.807, 2.05) is 29.2 Å². The number of fused-ring (bicyclic) bond motifs is 1. The van der Waals surface area contributed by atoms with E-state index in [0.717, 1.165) is 32.1 Å². The van der Waals surface area contributed by atoms with Crippen molar-refractivity contribution < 1.29 is 4.79 Å². The first-order valence-corrected chi connectivity index (χ1v) is 8.99. The molecule has 0 unspecified atom stereocenters. The zero-order valence-corrected chi connectivity index (χ0v) is 15.9. The van der Waals surface area contributed by atoms with Crippen LogP contribution < -0.4 is 0 Å². The number of aromatic amines is 1. The Hall–Kier alpha value is -0.590. The second kappa shape index (κ2) is 6.26. The summed E-state index contributed by atoms with van der Waals surface area (Å²) in [6, 6.07) is 7.91. The Kier molecular flexibility index (Phi) is 4.57. The highest BCUT2D eigenvalue weighted by molar-refractivity contribution is 9.13. The van der Waals surface area contributed by atoms with Crippen molar-refractivity contribution in [2.75, 3.05) is 6.54 Å². The molecular formula is C15H13Br3N2O. The first-order valence-electron chi connectivity index (χ1n) is 6.61. The van der Waals surface area contributed by atoms with Gasteiger partial charge in [-0.05, 0) is 49.6 Å². The molecule has 21 heavy (non-hydrogen) atoms. The highest BCUT2D eigenvalue weighted by Gasteiger charge is 2.25. The van der Waals surface area contributed by atoms with Crippen molar-refractivity contribution in [1.82, 2.24) is 9.88 Å². The van der Waals surface area contributed by atoms with Gasteiger partial charge in [-0.15, -0.1) is 0 Å². The van der Waals surface area contributed by atoms with Crippen molar-refractivity contribution >= 4 is 53.7 Å². The molecular weight excluding hydrogens is 464 g/mol. The van der Waals surface area contributed by atoms with E-state index in [1.54, 1.807) is 0 Å². The first-order chi connectivity index (χ1) is 10.0. The summed E-state index contributed by atoms with van der Waals surface area (Å²) in [7, 11) is 0. The lowest BCUT2D eigenvalue weighted by molar-refractivity contribution is -0.131. The SMILES string of the molecule is O=C(Cc1cccc(Br)c1)N1CCc2[nH]c(Br)c(Br)c2C1. The first kappa shape index (κ1) is 15.3. The van der Waals surface area contributed by atoms with Crippen molar-refractivity contribution in [3.05, 3.63) is 54.6 Å². The van der Waals surface area contributed by atoms with Crippen molar-refractivity contribution in [3.63, 3.8) is 0 Å². The van der Waals surface area contributed by atoms with Gasteiger partial charge in [-0.1, -0.05) is 28.1 Å². The molecule has 0 aliphatic carbocycles. The number of hydrogen-bond donors (Lipinski definition) is 1. The molecule has 3 rings (SSSR count). The molecule has 0 fully saturated rings. The number of hydrogen-bond acceptors (Lipinski definition) is 1.